The van der Waals surface area contributed by atoms with Gasteiger partial charge in [0.2, 0.25) is 0 Å². The smallest absolute Gasteiger partial charge is 0.191 e. The van der Waals surface area contributed by atoms with Crippen molar-refractivity contribution in [2.24, 2.45) is 0 Å². The third kappa shape index (κ3) is 3.92. The van der Waals surface area contributed by atoms with Crippen LogP contribution in [-0.4, -0.2) is 32.7 Å². The highest BCUT2D eigenvalue weighted by Gasteiger charge is 2.14. The molecule has 0 aliphatic heterocycles. The Hall–Kier alpha value is -1.97. The minimum atomic E-state index is -0.268. The standard InChI is InChI=1S/C15H16FN5OS2/c1-8(6-22)18-12-11-13(19-14(17)24-11)21-15(20-12)23-7-9-3-2-4-10(16)5-9/h2-5,8,22H,6-7H2,1H3,(H3,17,18,19,20,21)/t8-/m1/s1. The predicted molar refractivity (Wildman–Crippen MR) is 95.8 cm³/mol. The highest BCUT2D eigenvalue weighted by atomic mass is 32.2. The quantitative estimate of drug-likeness (QED) is 0.456. The van der Waals surface area contributed by atoms with Gasteiger partial charge in [-0.3, -0.25) is 0 Å². The number of thioether (sulfide) groups is 1. The second kappa shape index (κ2) is 7.29. The lowest BCUT2D eigenvalue weighted by atomic mass is 10.2. The van der Waals surface area contributed by atoms with Gasteiger partial charge in [0.1, 0.15) is 10.5 Å². The molecule has 0 fully saturated rings. The molecule has 4 N–H and O–H groups in total. The number of hydrogen-bond acceptors (Lipinski definition) is 8. The van der Waals surface area contributed by atoms with Gasteiger partial charge < -0.3 is 16.2 Å². The van der Waals surface area contributed by atoms with Crippen molar-refractivity contribution in [3.05, 3.63) is 35.6 Å². The Morgan fingerprint density at radius 3 is 2.96 bits per heavy atom. The molecule has 1 atom stereocenters. The Bertz CT molecular complexity index is 857. The number of nitrogen functional groups attached to an aromatic ring is 1. The van der Waals surface area contributed by atoms with E-state index in [0.29, 0.717) is 27.5 Å². The SMILES string of the molecule is C[C@H](CO)Nc1nc(SCc2cccc(F)c2)nc2nc(N)sc12. The van der Waals surface area contributed by atoms with Gasteiger partial charge in [-0.1, -0.05) is 35.2 Å². The van der Waals surface area contributed by atoms with Crippen molar-refractivity contribution in [2.45, 2.75) is 23.9 Å². The number of nitrogens with two attached hydrogens (primary N) is 1. The van der Waals surface area contributed by atoms with Crippen LogP contribution in [0.25, 0.3) is 10.3 Å². The Morgan fingerprint density at radius 1 is 1.38 bits per heavy atom. The van der Waals surface area contributed by atoms with Gasteiger partial charge in [0.05, 0.1) is 6.61 Å². The number of nitrogens with one attached hydrogen (secondary N) is 1. The molecule has 0 aliphatic carbocycles. The zero-order valence-electron chi connectivity index (χ0n) is 12.9. The van der Waals surface area contributed by atoms with Crippen LogP contribution >= 0.6 is 23.1 Å². The first-order chi connectivity index (χ1) is 11.5. The summed E-state index contributed by atoms with van der Waals surface area (Å²) in [6.45, 7) is 1.82. The molecule has 0 aliphatic rings. The summed E-state index contributed by atoms with van der Waals surface area (Å²) in [5, 5.41) is 13.3. The van der Waals surface area contributed by atoms with E-state index in [0.717, 1.165) is 10.3 Å². The minimum absolute atomic E-state index is 0.0223. The second-order valence-corrected chi connectivity index (χ2v) is 7.18. The highest BCUT2D eigenvalue weighted by molar-refractivity contribution is 7.98. The van der Waals surface area contributed by atoms with E-state index in [-0.39, 0.29) is 18.5 Å². The van der Waals surface area contributed by atoms with Gasteiger partial charge in [0, 0.05) is 11.8 Å². The predicted octanol–water partition coefficient (Wildman–Crippen LogP) is 2.89. The third-order valence-corrected chi connectivity index (χ3v) is 4.96. The van der Waals surface area contributed by atoms with E-state index >= 15 is 0 Å². The molecule has 0 radical (unpaired) electrons. The summed E-state index contributed by atoms with van der Waals surface area (Å²) in [6.07, 6.45) is 0. The molecule has 2 aromatic heterocycles. The van der Waals surface area contributed by atoms with Gasteiger partial charge in [0.15, 0.2) is 21.8 Å². The molecule has 3 aromatic rings. The number of anilines is 2. The van der Waals surface area contributed by atoms with Crippen molar-refractivity contribution in [1.82, 2.24) is 15.0 Å². The van der Waals surface area contributed by atoms with Gasteiger partial charge >= 0.3 is 0 Å². The lowest BCUT2D eigenvalue weighted by molar-refractivity contribution is 0.281. The number of hydrogen-bond donors (Lipinski definition) is 3. The first-order valence-electron chi connectivity index (χ1n) is 7.24. The summed E-state index contributed by atoms with van der Waals surface area (Å²) in [6, 6.07) is 6.26. The number of halogens is 1. The number of rotatable bonds is 6. The molecule has 0 spiro atoms. The molecular weight excluding hydrogens is 349 g/mol. The van der Waals surface area contributed by atoms with E-state index in [1.807, 2.05) is 13.0 Å². The molecule has 126 valence electrons. The summed E-state index contributed by atoms with van der Waals surface area (Å²) >= 11 is 2.68. The van der Waals surface area contributed by atoms with Crippen molar-refractivity contribution >= 4 is 44.4 Å². The molecular formula is C15H16FN5OS2. The maximum atomic E-state index is 13.3. The van der Waals surface area contributed by atoms with Crippen LogP contribution in [0, 0.1) is 5.82 Å². The van der Waals surface area contributed by atoms with Crippen LogP contribution in [-0.2, 0) is 5.75 Å². The van der Waals surface area contributed by atoms with E-state index in [4.69, 9.17) is 5.73 Å². The molecule has 6 nitrogen and oxygen atoms in total. The summed E-state index contributed by atoms with van der Waals surface area (Å²) in [4.78, 5) is 13.1. The van der Waals surface area contributed by atoms with Crippen LogP contribution in [0.2, 0.25) is 0 Å². The minimum Gasteiger partial charge on any atom is -0.394 e. The van der Waals surface area contributed by atoms with E-state index in [1.54, 1.807) is 6.07 Å². The van der Waals surface area contributed by atoms with Gasteiger partial charge in [-0.15, -0.1) is 0 Å². The number of aliphatic hydroxyl groups is 1. The molecule has 24 heavy (non-hydrogen) atoms. The Kier molecular flexibility index (Phi) is 5.12. The fourth-order valence-electron chi connectivity index (χ4n) is 2.04. The summed E-state index contributed by atoms with van der Waals surface area (Å²) in [5.41, 5.74) is 7.13. The number of nitrogens with zero attached hydrogens (tertiary/aromatic N) is 3. The van der Waals surface area contributed by atoms with Gasteiger partial charge in [-0.25, -0.2) is 19.3 Å². The van der Waals surface area contributed by atoms with Gasteiger partial charge in [-0.2, -0.15) is 0 Å². The number of fused-ring (bicyclic) bond motifs is 1. The highest BCUT2D eigenvalue weighted by Crippen LogP contribution is 2.31. The average molecular weight is 365 g/mol. The Balaban J connectivity index is 1.87. The van der Waals surface area contributed by atoms with E-state index in [1.165, 1.54) is 35.2 Å². The lowest BCUT2D eigenvalue weighted by Gasteiger charge is -2.12. The fourth-order valence-corrected chi connectivity index (χ4v) is 3.54. The first kappa shape index (κ1) is 16.9. The molecule has 0 bridgehead atoms. The molecule has 0 saturated carbocycles. The van der Waals surface area contributed by atoms with E-state index in [2.05, 4.69) is 20.3 Å². The zero-order chi connectivity index (χ0) is 17.1. The molecule has 0 unspecified atom stereocenters. The topological polar surface area (TPSA) is 97.0 Å². The van der Waals surface area contributed by atoms with Crippen LogP contribution in [0.15, 0.2) is 29.4 Å². The summed E-state index contributed by atoms with van der Waals surface area (Å²) in [7, 11) is 0. The molecule has 0 amide bonds. The molecule has 3 rings (SSSR count). The van der Waals surface area contributed by atoms with E-state index in [9.17, 15) is 9.50 Å². The maximum absolute atomic E-state index is 13.3. The zero-order valence-corrected chi connectivity index (χ0v) is 14.5. The third-order valence-electron chi connectivity index (χ3n) is 3.16. The largest absolute Gasteiger partial charge is 0.394 e. The number of aliphatic hydroxyl groups excluding tert-OH is 1. The summed E-state index contributed by atoms with van der Waals surface area (Å²) < 4.78 is 14.0. The van der Waals surface area contributed by atoms with Gasteiger partial charge in [0.25, 0.3) is 0 Å². The lowest BCUT2D eigenvalue weighted by Crippen LogP contribution is -2.20. The number of aromatic nitrogens is 3. The fraction of sp³-hybridized carbons (Fsp3) is 0.267. The monoisotopic (exact) mass is 365 g/mol. The second-order valence-electron chi connectivity index (χ2n) is 5.21. The van der Waals surface area contributed by atoms with Crippen LogP contribution in [0.4, 0.5) is 15.3 Å². The number of benzene rings is 1. The van der Waals surface area contributed by atoms with E-state index < -0.39 is 0 Å². The normalized spacial score (nSPS) is 12.5. The van der Waals surface area contributed by atoms with Crippen LogP contribution in [0.5, 0.6) is 0 Å². The van der Waals surface area contributed by atoms with Crippen LogP contribution in [0.3, 0.4) is 0 Å². The van der Waals surface area contributed by atoms with Crippen LogP contribution < -0.4 is 11.1 Å². The van der Waals surface area contributed by atoms with Crippen molar-refractivity contribution in [3.63, 3.8) is 0 Å². The maximum Gasteiger partial charge on any atom is 0.191 e. The number of thiazole rings is 1. The molecule has 2 heterocycles. The Labute approximate surface area is 146 Å². The van der Waals surface area contributed by atoms with Crippen molar-refractivity contribution in [2.75, 3.05) is 17.7 Å². The van der Waals surface area contributed by atoms with Crippen LogP contribution in [0.1, 0.15) is 12.5 Å². The molecule has 9 heteroatoms. The Morgan fingerprint density at radius 2 is 2.21 bits per heavy atom. The van der Waals surface area contributed by atoms with Crippen molar-refractivity contribution in [3.8, 4) is 0 Å². The molecule has 1 aromatic carbocycles. The van der Waals surface area contributed by atoms with Crippen molar-refractivity contribution < 1.29 is 9.50 Å². The average Bonchev–Trinajstić information content (AvgIpc) is 2.93. The van der Waals surface area contributed by atoms with Gasteiger partial charge in [-0.05, 0) is 24.6 Å². The first-order valence-corrected chi connectivity index (χ1v) is 9.04. The van der Waals surface area contributed by atoms with Crippen molar-refractivity contribution in [1.29, 1.82) is 0 Å². The molecule has 0 saturated heterocycles. The summed E-state index contributed by atoms with van der Waals surface area (Å²) in [5.74, 6) is 0.867.